The molecule has 17 nitrogen and oxygen atoms in total. The van der Waals surface area contributed by atoms with Crippen molar-refractivity contribution in [1.82, 2.24) is 0 Å². The first kappa shape index (κ1) is 97.1. The number of hydrogen-bond donors (Lipinski definition) is 3. The Labute approximate surface area is 607 Å². The van der Waals surface area contributed by atoms with E-state index in [-0.39, 0.29) is 25.7 Å². The van der Waals surface area contributed by atoms with Crippen LogP contribution in [0.3, 0.4) is 0 Å². The number of unbranched alkanes of at least 4 members (excludes halogenated alkanes) is 51. The van der Waals surface area contributed by atoms with Gasteiger partial charge in [0, 0.05) is 25.7 Å². The molecule has 19 heteroatoms. The van der Waals surface area contributed by atoms with Crippen LogP contribution in [0.4, 0.5) is 0 Å². The molecule has 0 rings (SSSR count). The highest BCUT2D eigenvalue weighted by Crippen LogP contribution is 2.45. The highest BCUT2D eigenvalue weighted by molar-refractivity contribution is 7.47. The molecule has 99 heavy (non-hydrogen) atoms. The van der Waals surface area contributed by atoms with Crippen molar-refractivity contribution in [3.8, 4) is 0 Å². The largest absolute Gasteiger partial charge is 0.472 e. The lowest BCUT2D eigenvalue weighted by atomic mass is 10.00. The summed E-state index contributed by atoms with van der Waals surface area (Å²) in [6.07, 6.45) is 63.8. The van der Waals surface area contributed by atoms with E-state index in [0.717, 1.165) is 102 Å². The summed E-state index contributed by atoms with van der Waals surface area (Å²) in [4.78, 5) is 73.0. The van der Waals surface area contributed by atoms with Gasteiger partial charge in [-0.1, -0.05) is 375 Å². The van der Waals surface area contributed by atoms with E-state index in [1.165, 1.54) is 244 Å². The number of carbonyl (C=O) groups is 4. The first-order valence-corrected chi connectivity index (χ1v) is 44.7. The monoisotopic (exact) mass is 1450 g/mol. The fraction of sp³-hybridized carbons (Fsp3) is 0.950. The molecule has 0 saturated carbocycles. The second kappa shape index (κ2) is 73.0. The van der Waals surface area contributed by atoms with Gasteiger partial charge in [-0.3, -0.25) is 37.3 Å². The van der Waals surface area contributed by atoms with E-state index in [1.807, 2.05) is 0 Å². The molecule has 3 N–H and O–H groups in total. The summed E-state index contributed by atoms with van der Waals surface area (Å²) in [5.74, 6) is -1.38. The van der Waals surface area contributed by atoms with Gasteiger partial charge in [0.05, 0.1) is 26.4 Å². The van der Waals surface area contributed by atoms with Gasteiger partial charge in [0.1, 0.15) is 19.3 Å². The molecule has 0 amide bonds. The van der Waals surface area contributed by atoms with Crippen LogP contribution in [0.5, 0.6) is 0 Å². The molecule has 0 fully saturated rings. The van der Waals surface area contributed by atoms with Crippen molar-refractivity contribution in [2.24, 2.45) is 5.92 Å². The fourth-order valence-electron chi connectivity index (χ4n) is 12.4. The lowest BCUT2D eigenvalue weighted by Gasteiger charge is -2.21. The van der Waals surface area contributed by atoms with Gasteiger partial charge >= 0.3 is 39.5 Å². The number of hydrogen-bond acceptors (Lipinski definition) is 15. The molecule has 0 aliphatic carbocycles. The van der Waals surface area contributed by atoms with E-state index < -0.39 is 97.5 Å². The SMILES string of the molecule is CCCCCCCCCCCCCCCCCCCCC(=O)O[C@H](COC(=O)CCCCCCCCCCCCCCCCCCC)COP(=O)(O)OC[C@@H](O)COP(=O)(O)OC[C@@H](COC(=O)CCCCCCCCC(C)CC)OC(=O)CCCCCCCCCCCCCCCC. The Bertz CT molecular complexity index is 1890. The first-order chi connectivity index (χ1) is 48.1. The number of phosphoric acid groups is 2. The second-order valence-electron chi connectivity index (χ2n) is 29.1. The Morgan fingerprint density at radius 3 is 0.717 bits per heavy atom. The molecule has 0 aromatic rings. The number of esters is 4. The summed E-state index contributed by atoms with van der Waals surface area (Å²) < 4.78 is 68.7. The molecular formula is C80H156O17P2. The predicted molar refractivity (Wildman–Crippen MR) is 405 cm³/mol. The summed E-state index contributed by atoms with van der Waals surface area (Å²) in [6.45, 7) is 7.29. The molecule has 0 radical (unpaired) electrons. The van der Waals surface area contributed by atoms with E-state index in [4.69, 9.17) is 37.0 Å². The molecule has 0 aliphatic rings. The van der Waals surface area contributed by atoms with Crippen molar-refractivity contribution in [2.45, 2.75) is 445 Å². The van der Waals surface area contributed by atoms with Crippen LogP contribution >= 0.6 is 15.6 Å². The van der Waals surface area contributed by atoms with Gasteiger partial charge in [-0.05, 0) is 31.6 Å². The van der Waals surface area contributed by atoms with Gasteiger partial charge in [-0.2, -0.15) is 0 Å². The number of phosphoric ester groups is 2. The van der Waals surface area contributed by atoms with Crippen LogP contribution in [0.2, 0.25) is 0 Å². The number of carbonyl (C=O) groups excluding carboxylic acids is 4. The molecule has 0 spiro atoms. The standard InChI is InChI=1S/C80H156O17P2/c1-6-10-13-16-19-22-25-28-31-33-35-37-40-43-46-49-56-61-66-79(84)96-75(69-90-77(82)63-58-53-47-44-41-39-36-34-32-29-26-23-20-17-14-11-7-2)71-94-98(86,87)92-67-74(81)68-93-99(88,89)95-72-76(70-91-78(83)64-59-54-51-50-52-57-62-73(5)9-4)97-80(85)65-60-55-48-45-42-38-30-27-24-21-18-15-12-8-3/h73-76,81H,6-72H2,1-5H3,(H,86,87)(H,88,89)/t73?,74-,75-,76-/m1/s1. The van der Waals surface area contributed by atoms with Crippen molar-refractivity contribution in [3.05, 3.63) is 0 Å². The number of ether oxygens (including phenoxy) is 4. The van der Waals surface area contributed by atoms with Crippen molar-refractivity contribution < 1.29 is 80.2 Å². The molecule has 588 valence electrons. The molecule has 0 bridgehead atoms. The molecule has 0 aromatic carbocycles. The van der Waals surface area contributed by atoms with Crippen LogP contribution < -0.4 is 0 Å². The minimum absolute atomic E-state index is 0.107. The van der Waals surface area contributed by atoms with E-state index in [1.54, 1.807) is 0 Å². The number of aliphatic hydroxyl groups is 1. The van der Waals surface area contributed by atoms with E-state index in [9.17, 15) is 43.2 Å². The minimum Gasteiger partial charge on any atom is -0.462 e. The smallest absolute Gasteiger partial charge is 0.462 e. The zero-order valence-corrected chi connectivity index (χ0v) is 66.4. The van der Waals surface area contributed by atoms with Crippen LogP contribution in [-0.4, -0.2) is 96.7 Å². The van der Waals surface area contributed by atoms with Crippen LogP contribution in [0.25, 0.3) is 0 Å². The van der Waals surface area contributed by atoms with Gasteiger partial charge in [0.2, 0.25) is 0 Å². The van der Waals surface area contributed by atoms with E-state index >= 15 is 0 Å². The van der Waals surface area contributed by atoms with Gasteiger partial charge in [-0.15, -0.1) is 0 Å². The van der Waals surface area contributed by atoms with Gasteiger partial charge in [-0.25, -0.2) is 9.13 Å². The molecule has 3 unspecified atom stereocenters. The quantitative estimate of drug-likeness (QED) is 0.0222. The second-order valence-corrected chi connectivity index (χ2v) is 32.0. The third-order valence-corrected chi connectivity index (χ3v) is 21.0. The highest BCUT2D eigenvalue weighted by Gasteiger charge is 2.30. The van der Waals surface area contributed by atoms with Crippen molar-refractivity contribution in [3.63, 3.8) is 0 Å². The normalized spacial score (nSPS) is 14.1. The van der Waals surface area contributed by atoms with Crippen LogP contribution in [0, 0.1) is 5.92 Å². The highest BCUT2D eigenvalue weighted by atomic mass is 31.2. The topological polar surface area (TPSA) is 237 Å². The summed E-state index contributed by atoms with van der Waals surface area (Å²) in [5, 5.41) is 10.6. The Kier molecular flexibility index (Phi) is 71.6. The Hall–Kier alpha value is -1.94. The molecule has 6 atom stereocenters. The summed E-state index contributed by atoms with van der Waals surface area (Å²) in [7, 11) is -9.92. The maximum Gasteiger partial charge on any atom is 0.472 e. The maximum atomic E-state index is 13.1. The third kappa shape index (κ3) is 72.8. The van der Waals surface area contributed by atoms with Crippen molar-refractivity contribution in [2.75, 3.05) is 39.6 Å². The zero-order valence-electron chi connectivity index (χ0n) is 64.6. The molecule has 0 aromatic heterocycles. The van der Waals surface area contributed by atoms with Crippen LogP contribution in [-0.2, 0) is 65.4 Å². The lowest BCUT2D eigenvalue weighted by molar-refractivity contribution is -0.161. The average Bonchev–Trinajstić information content (AvgIpc) is 1.15. The van der Waals surface area contributed by atoms with Gasteiger partial charge in [0.15, 0.2) is 12.2 Å². The van der Waals surface area contributed by atoms with Crippen molar-refractivity contribution >= 4 is 39.5 Å². The average molecular weight is 1450 g/mol. The maximum absolute atomic E-state index is 13.1. The van der Waals surface area contributed by atoms with Crippen LogP contribution in [0.1, 0.15) is 426 Å². The third-order valence-electron chi connectivity index (χ3n) is 19.1. The molecule has 0 saturated heterocycles. The van der Waals surface area contributed by atoms with Crippen molar-refractivity contribution in [1.29, 1.82) is 0 Å². The van der Waals surface area contributed by atoms with Crippen LogP contribution in [0.15, 0.2) is 0 Å². The van der Waals surface area contributed by atoms with Gasteiger partial charge in [0.25, 0.3) is 0 Å². The summed E-state index contributed by atoms with van der Waals surface area (Å²) in [5.41, 5.74) is 0. The lowest BCUT2D eigenvalue weighted by Crippen LogP contribution is -2.30. The summed E-state index contributed by atoms with van der Waals surface area (Å²) in [6, 6.07) is 0. The number of rotatable bonds is 80. The Balaban J connectivity index is 5.24. The predicted octanol–water partition coefficient (Wildman–Crippen LogP) is 24.0. The zero-order chi connectivity index (χ0) is 72.7. The van der Waals surface area contributed by atoms with E-state index in [2.05, 4.69) is 34.6 Å². The van der Waals surface area contributed by atoms with E-state index in [0.29, 0.717) is 25.7 Å². The number of aliphatic hydroxyl groups excluding tert-OH is 1. The van der Waals surface area contributed by atoms with Gasteiger partial charge < -0.3 is 33.8 Å². The summed E-state index contributed by atoms with van der Waals surface area (Å²) >= 11 is 0. The fourth-order valence-corrected chi connectivity index (χ4v) is 14.0. The Morgan fingerprint density at radius 1 is 0.283 bits per heavy atom. The first-order valence-electron chi connectivity index (χ1n) is 41.7. The molecular weight excluding hydrogens is 1290 g/mol. The Morgan fingerprint density at radius 2 is 0.485 bits per heavy atom. The minimum atomic E-state index is -4.96. The molecule has 0 heterocycles. The molecule has 0 aliphatic heterocycles.